The minimum Gasteiger partial charge on any atom is -0.370 e. The first kappa shape index (κ1) is 78.5. The van der Waals surface area contributed by atoms with Crippen molar-refractivity contribution >= 4 is 94.5 Å². The van der Waals surface area contributed by atoms with Gasteiger partial charge in [0.25, 0.3) is 0 Å². The Morgan fingerprint density at radius 1 is 0.537 bits per heavy atom. The predicted octanol–water partition coefficient (Wildman–Crippen LogP) is -3.71. The van der Waals surface area contributed by atoms with Gasteiger partial charge in [-0.2, -0.15) is 11.8 Å². The Balaban J connectivity index is 1.56. The third-order valence-electron chi connectivity index (χ3n) is 16.0. The molecule has 0 unspecified atom stereocenters. The maximum absolute atomic E-state index is 14.7. The van der Waals surface area contributed by atoms with Gasteiger partial charge in [-0.15, -0.1) is 0 Å². The van der Waals surface area contributed by atoms with E-state index >= 15 is 0 Å². The van der Waals surface area contributed by atoms with Gasteiger partial charge in [0.2, 0.25) is 76.8 Å². The molecule has 95 heavy (non-hydrogen) atoms. The van der Waals surface area contributed by atoms with E-state index in [9.17, 15) is 62.3 Å². The van der Waals surface area contributed by atoms with E-state index in [-0.39, 0.29) is 83.0 Å². The molecule has 2 aliphatic heterocycles. The van der Waals surface area contributed by atoms with Crippen LogP contribution in [0.5, 0.6) is 0 Å². The van der Waals surface area contributed by atoms with Crippen LogP contribution < -0.4 is 82.7 Å². The van der Waals surface area contributed by atoms with Crippen molar-refractivity contribution in [2.24, 2.45) is 51.0 Å². The zero-order valence-electron chi connectivity index (χ0n) is 54.5. The monoisotopic (exact) mass is 1350 g/mol. The van der Waals surface area contributed by atoms with Gasteiger partial charge < -0.3 is 92.5 Å². The highest BCUT2D eigenvalue weighted by Gasteiger charge is 2.42. The third-order valence-corrected chi connectivity index (χ3v) is 16.7. The molecule has 0 spiro atoms. The molecule has 2 aliphatic rings. The highest BCUT2D eigenvalue weighted by atomic mass is 32.2. The zero-order chi connectivity index (χ0) is 70.1. The van der Waals surface area contributed by atoms with Crippen LogP contribution in [0.15, 0.2) is 65.7 Å². The molecule has 22 N–H and O–H groups in total. The van der Waals surface area contributed by atoms with Gasteiger partial charge in [0.15, 0.2) is 5.96 Å². The number of primary amides is 3. The number of hydrogen-bond donors (Lipinski definition) is 15. The molecule has 10 atom stereocenters. The van der Waals surface area contributed by atoms with Crippen LogP contribution in [0.25, 0.3) is 0 Å². The van der Waals surface area contributed by atoms with E-state index in [1.807, 2.05) is 20.1 Å². The summed E-state index contributed by atoms with van der Waals surface area (Å²) < 4.78 is 0. The second-order valence-electron chi connectivity index (χ2n) is 24.1. The highest BCUT2D eigenvalue weighted by molar-refractivity contribution is 7.98. The first-order chi connectivity index (χ1) is 45.2. The van der Waals surface area contributed by atoms with Crippen LogP contribution >= 0.6 is 11.8 Å². The number of amides is 13. The van der Waals surface area contributed by atoms with Gasteiger partial charge in [-0.1, -0.05) is 74.5 Å². The Labute approximate surface area is 558 Å². The fourth-order valence-electron chi connectivity index (χ4n) is 11.0. The van der Waals surface area contributed by atoms with Gasteiger partial charge in [-0.3, -0.25) is 67.3 Å². The maximum atomic E-state index is 14.7. The number of likely N-dealkylation sites (tertiary alicyclic amines) is 2. The number of benzene rings is 2. The Bertz CT molecular complexity index is 2960. The molecule has 2 fully saturated rings. The molecular weight excluding hydrogens is 1250 g/mol. The summed E-state index contributed by atoms with van der Waals surface area (Å²) in [6, 6.07) is 4.51. The minimum atomic E-state index is -1.64. The number of thioether (sulfide) groups is 1. The number of aliphatic imine (C=N–C) groups is 1. The molecule has 2 saturated heterocycles. The highest BCUT2D eigenvalue weighted by Crippen LogP contribution is 2.24. The Morgan fingerprint density at radius 2 is 1.01 bits per heavy atom. The average molecular weight is 1350 g/mol. The number of carbonyl (C=O) groups is 13. The molecule has 32 heteroatoms. The smallest absolute Gasteiger partial charge is 0.245 e. The number of hydrogen-bond acceptors (Lipinski definition) is 17. The van der Waals surface area contributed by atoms with Crippen molar-refractivity contribution < 1.29 is 62.3 Å². The van der Waals surface area contributed by atoms with Gasteiger partial charge in [-0.25, -0.2) is 0 Å². The summed E-state index contributed by atoms with van der Waals surface area (Å²) in [5.74, 6) is -9.80. The van der Waals surface area contributed by atoms with E-state index in [2.05, 4.69) is 47.5 Å². The van der Waals surface area contributed by atoms with Crippen molar-refractivity contribution in [1.29, 1.82) is 0 Å². The van der Waals surface area contributed by atoms with Crippen molar-refractivity contribution in [3.63, 3.8) is 0 Å². The van der Waals surface area contributed by atoms with E-state index in [0.717, 1.165) is 0 Å². The van der Waals surface area contributed by atoms with Crippen molar-refractivity contribution in [1.82, 2.24) is 52.3 Å². The fourth-order valence-corrected chi connectivity index (χ4v) is 11.5. The molecule has 0 saturated carbocycles. The fraction of sp³-hybridized carbons (Fsp3) is 0.587. The molecule has 31 nitrogen and oxygen atoms in total. The number of nitrogens with zero attached hydrogens (tertiary/aromatic N) is 3. The number of unbranched alkanes of at least 4 members (excludes halogenated alkanes) is 1. The number of carbonyl (C=O) groups excluding carboxylic acids is 13. The van der Waals surface area contributed by atoms with Crippen LogP contribution in [0.3, 0.4) is 0 Å². The Hall–Kier alpha value is -8.91. The topological polar surface area (TPSA) is 519 Å². The molecule has 13 amide bonds. The Morgan fingerprint density at radius 3 is 1.51 bits per heavy atom. The normalized spacial score (nSPS) is 16.8. The van der Waals surface area contributed by atoms with Gasteiger partial charge >= 0.3 is 0 Å². The van der Waals surface area contributed by atoms with Crippen LogP contribution in [0.2, 0.25) is 0 Å². The number of nitrogens with two attached hydrogens (primary N) is 7. The first-order valence-corrected chi connectivity index (χ1v) is 33.6. The van der Waals surface area contributed by atoms with E-state index in [1.165, 1.54) is 21.6 Å². The SMILES string of the molecule is CSCC[C@H](NC(=O)[C@H](CC(C)C)NC(=O)CNC(=O)[C@H](Cc1ccccc1)NC(=O)[C@H](Cc1ccccc1)NC(=O)[C@H](CCC(N)=O)NC(=O)[C@@H](CCC(N)=O)NC(=O)[C@H]1CCCN1C(=O)[C@H](CCCCN)NC(=O)[C@@H]1CCCN1C(=O)[C@H](N)CCCN=C(N)N)C(N)=O. The van der Waals surface area contributed by atoms with Gasteiger partial charge in [0.05, 0.1) is 12.6 Å². The van der Waals surface area contributed by atoms with E-state index in [4.69, 9.17) is 40.1 Å². The number of guanidine groups is 1. The molecule has 0 aliphatic carbocycles. The third kappa shape index (κ3) is 27.5. The van der Waals surface area contributed by atoms with Gasteiger partial charge in [0.1, 0.15) is 54.4 Å². The lowest BCUT2D eigenvalue weighted by molar-refractivity contribution is -0.144. The average Bonchev–Trinajstić information content (AvgIpc) is 1.74. The largest absolute Gasteiger partial charge is 0.370 e. The van der Waals surface area contributed by atoms with Gasteiger partial charge in [-0.05, 0) is 119 Å². The van der Waals surface area contributed by atoms with Crippen LogP contribution in [-0.2, 0) is 75.2 Å². The summed E-state index contributed by atoms with van der Waals surface area (Å²) in [6.07, 6.45) is 3.12. The lowest BCUT2D eigenvalue weighted by Crippen LogP contribution is -2.60. The maximum Gasteiger partial charge on any atom is 0.245 e. The molecule has 4 rings (SSSR count). The van der Waals surface area contributed by atoms with Gasteiger partial charge in [0, 0.05) is 45.3 Å². The second-order valence-corrected chi connectivity index (χ2v) is 25.1. The molecule has 524 valence electrons. The van der Waals surface area contributed by atoms with E-state index in [0.29, 0.717) is 55.4 Å². The lowest BCUT2D eigenvalue weighted by atomic mass is 10.0. The zero-order valence-corrected chi connectivity index (χ0v) is 55.3. The summed E-state index contributed by atoms with van der Waals surface area (Å²) in [5.41, 5.74) is 40.6. The summed E-state index contributed by atoms with van der Waals surface area (Å²) in [4.78, 5) is 185. The summed E-state index contributed by atoms with van der Waals surface area (Å²) in [7, 11) is 0. The quantitative estimate of drug-likeness (QED) is 0.0173. The van der Waals surface area contributed by atoms with Crippen LogP contribution in [0, 0.1) is 5.92 Å². The molecule has 0 aromatic heterocycles. The summed E-state index contributed by atoms with van der Waals surface area (Å²) in [5, 5.41) is 21.1. The van der Waals surface area contributed by atoms with Crippen molar-refractivity contribution in [2.75, 3.05) is 44.7 Å². The van der Waals surface area contributed by atoms with E-state index in [1.54, 1.807) is 60.7 Å². The lowest BCUT2D eigenvalue weighted by Gasteiger charge is -2.32. The first-order valence-electron chi connectivity index (χ1n) is 32.2. The summed E-state index contributed by atoms with van der Waals surface area (Å²) >= 11 is 1.45. The van der Waals surface area contributed by atoms with Crippen molar-refractivity contribution in [3.8, 4) is 0 Å². The van der Waals surface area contributed by atoms with Crippen molar-refractivity contribution in [2.45, 2.75) is 183 Å². The minimum absolute atomic E-state index is 0.0736. The molecule has 2 aromatic carbocycles. The Kier molecular flexibility index (Phi) is 33.9. The molecule has 2 heterocycles. The standard InChI is InChI=1S/C63H98N18O13S/c1-37(2)33-45(57(89)74-41(53(68)85)27-32-95-3)73-52(84)36-72-54(86)46(34-38-15-6-4-7-16-38)78-58(90)47(35-39-17-8-5-9-18-39)79-56(88)42(23-25-50(66)82)75-55(87)43(24-26-51(67)83)76-59(91)49-22-14-31-81(49)62(94)44(20-10-11-28-64)77-60(92)48-21-13-30-80(48)61(93)40(65)19-12-29-71-63(69)70/h4-9,15-18,37,40-49H,10-14,19-36,64-65H2,1-3H3,(H2,66,82)(H2,67,83)(H2,68,85)(H,72,86)(H,73,84)(H,74,89)(H,75,87)(H,76,91)(H,77,92)(H,78,90)(H,79,88)(H4,69,70,71)/t40-,41+,42+,43-,44+,45+,46+,47+,48+,49-/m1/s1. The second kappa shape index (κ2) is 41.0. The molecule has 0 bridgehead atoms. The summed E-state index contributed by atoms with van der Waals surface area (Å²) in [6.45, 7) is 3.86. The number of rotatable bonds is 42. The molecule has 2 aromatic rings. The molecular formula is C63H98N18O13S. The van der Waals surface area contributed by atoms with Crippen LogP contribution in [0.1, 0.15) is 121 Å². The predicted molar refractivity (Wildman–Crippen MR) is 356 cm³/mol. The van der Waals surface area contributed by atoms with E-state index < -0.39 is 169 Å². The number of nitrogens with one attached hydrogen (secondary N) is 8. The molecule has 0 radical (unpaired) electrons. The van der Waals surface area contributed by atoms with Crippen LogP contribution in [0.4, 0.5) is 0 Å². The van der Waals surface area contributed by atoms with Crippen molar-refractivity contribution in [3.05, 3.63) is 71.8 Å². The van der Waals surface area contributed by atoms with Crippen LogP contribution in [-0.4, -0.2) is 198 Å².